The molecule has 5 rings (SSSR count). The van der Waals surface area contributed by atoms with Crippen molar-refractivity contribution in [2.75, 3.05) is 5.32 Å². The first kappa shape index (κ1) is 20.0. The predicted octanol–water partition coefficient (Wildman–Crippen LogP) is 5.66. The number of hydrogen-bond donors (Lipinski definition) is 3. The number of fused-ring (bicyclic) bond motifs is 1. The quantitative estimate of drug-likeness (QED) is 0.347. The molecule has 0 saturated heterocycles. The molecule has 1 aliphatic rings. The number of hydrogen-bond acceptors (Lipinski definition) is 4. The molecule has 0 aliphatic heterocycles. The first-order valence-corrected chi connectivity index (χ1v) is 10.8. The molecule has 6 heteroatoms. The van der Waals surface area contributed by atoms with E-state index in [1.807, 2.05) is 60.7 Å². The molecule has 160 valence electrons. The van der Waals surface area contributed by atoms with E-state index in [4.69, 9.17) is 0 Å². The van der Waals surface area contributed by atoms with E-state index in [2.05, 4.69) is 15.3 Å². The average molecular weight is 425 g/mol. The maximum atomic E-state index is 12.8. The highest BCUT2D eigenvalue weighted by Gasteiger charge is 2.37. The number of aromatic amines is 1. The lowest BCUT2D eigenvalue weighted by molar-refractivity contribution is -0.142. The number of aliphatic carboxylic acids is 1. The van der Waals surface area contributed by atoms with Crippen molar-refractivity contribution < 1.29 is 14.7 Å². The Morgan fingerprint density at radius 1 is 0.875 bits per heavy atom. The molecule has 0 amide bonds. The van der Waals surface area contributed by atoms with Gasteiger partial charge in [-0.05, 0) is 48.2 Å². The van der Waals surface area contributed by atoms with E-state index < -0.39 is 17.8 Å². The summed E-state index contributed by atoms with van der Waals surface area (Å²) in [7, 11) is 0. The van der Waals surface area contributed by atoms with Crippen molar-refractivity contribution in [2.24, 2.45) is 11.8 Å². The van der Waals surface area contributed by atoms with Crippen molar-refractivity contribution in [1.29, 1.82) is 0 Å². The molecule has 4 aromatic rings. The second-order valence-corrected chi connectivity index (χ2v) is 8.23. The molecular formula is C26H23N3O3. The lowest BCUT2D eigenvalue weighted by Crippen LogP contribution is -2.25. The maximum Gasteiger partial charge on any atom is 0.307 e. The second-order valence-electron chi connectivity index (χ2n) is 8.23. The van der Waals surface area contributed by atoms with Gasteiger partial charge >= 0.3 is 5.97 Å². The topological polar surface area (TPSA) is 95.1 Å². The van der Waals surface area contributed by atoms with Crippen LogP contribution < -0.4 is 5.32 Å². The Kier molecular flexibility index (Phi) is 5.19. The van der Waals surface area contributed by atoms with Crippen LogP contribution in [0.3, 0.4) is 0 Å². The molecular weight excluding hydrogens is 402 g/mol. The number of carbonyl (C=O) groups is 2. The largest absolute Gasteiger partial charge is 0.481 e. The van der Waals surface area contributed by atoms with E-state index in [9.17, 15) is 14.7 Å². The van der Waals surface area contributed by atoms with Gasteiger partial charge in [0.05, 0.1) is 17.0 Å². The summed E-state index contributed by atoms with van der Waals surface area (Å²) < 4.78 is 0. The molecule has 3 aromatic carbocycles. The molecule has 1 heterocycles. The molecule has 0 unspecified atom stereocenters. The van der Waals surface area contributed by atoms with E-state index in [0.717, 1.165) is 34.3 Å². The van der Waals surface area contributed by atoms with Gasteiger partial charge in [0.25, 0.3) is 0 Å². The van der Waals surface area contributed by atoms with Gasteiger partial charge in [-0.25, -0.2) is 4.98 Å². The minimum atomic E-state index is -0.867. The van der Waals surface area contributed by atoms with E-state index >= 15 is 0 Å². The summed E-state index contributed by atoms with van der Waals surface area (Å²) in [5, 5.41) is 12.6. The zero-order valence-corrected chi connectivity index (χ0v) is 17.4. The van der Waals surface area contributed by atoms with Gasteiger partial charge in [-0.2, -0.15) is 0 Å². The molecule has 1 fully saturated rings. The fraction of sp³-hybridized carbons (Fsp3) is 0.192. The summed E-state index contributed by atoms with van der Waals surface area (Å²) >= 11 is 0. The number of imidazole rings is 1. The minimum Gasteiger partial charge on any atom is -0.481 e. The van der Waals surface area contributed by atoms with Gasteiger partial charge in [0, 0.05) is 17.2 Å². The molecule has 6 nitrogen and oxygen atoms in total. The van der Waals surface area contributed by atoms with Gasteiger partial charge in [-0.1, -0.05) is 55.0 Å². The van der Waals surface area contributed by atoms with Crippen molar-refractivity contribution in [2.45, 2.75) is 19.3 Å². The van der Waals surface area contributed by atoms with Crippen LogP contribution in [0, 0.1) is 11.8 Å². The van der Waals surface area contributed by atoms with Gasteiger partial charge in [0.15, 0.2) is 5.78 Å². The first-order chi connectivity index (χ1) is 15.6. The fourth-order valence-electron chi connectivity index (χ4n) is 4.51. The number of carboxylic acids is 1. The number of nitrogens with one attached hydrogen (secondary N) is 2. The van der Waals surface area contributed by atoms with Crippen molar-refractivity contribution in [1.82, 2.24) is 9.97 Å². The predicted molar refractivity (Wildman–Crippen MR) is 124 cm³/mol. The number of H-pyrrole nitrogens is 1. The number of carboxylic acid groups (broad SMARTS) is 1. The Hall–Kier alpha value is -3.93. The fourth-order valence-corrected chi connectivity index (χ4v) is 4.51. The van der Waals surface area contributed by atoms with Crippen LogP contribution in [-0.2, 0) is 4.79 Å². The minimum absolute atomic E-state index is 0.0631. The van der Waals surface area contributed by atoms with Gasteiger partial charge < -0.3 is 15.4 Å². The summed E-state index contributed by atoms with van der Waals surface area (Å²) in [6, 6.07) is 23.3. The van der Waals surface area contributed by atoms with E-state index in [1.54, 1.807) is 12.1 Å². The van der Waals surface area contributed by atoms with Crippen LogP contribution in [0.2, 0.25) is 0 Å². The van der Waals surface area contributed by atoms with Gasteiger partial charge in [0.1, 0.15) is 0 Å². The van der Waals surface area contributed by atoms with Crippen LogP contribution in [0.25, 0.3) is 22.2 Å². The maximum absolute atomic E-state index is 12.8. The third kappa shape index (κ3) is 3.87. The number of nitrogens with zero attached hydrogens (tertiary/aromatic N) is 1. The number of para-hydroxylation sites is 2. The normalized spacial score (nSPS) is 18.0. The number of aromatic nitrogens is 2. The van der Waals surface area contributed by atoms with E-state index in [1.165, 1.54) is 0 Å². The highest BCUT2D eigenvalue weighted by molar-refractivity contribution is 6.00. The first-order valence-electron chi connectivity index (χ1n) is 10.8. The SMILES string of the molecule is O=C(O)[C@H]1CCC[C@@H]1C(=O)c1ccc(-c2ccc(Nc3nc4ccccc4[nH]3)cc2)cc1. The van der Waals surface area contributed by atoms with Gasteiger partial charge in [-0.15, -0.1) is 0 Å². The Labute approximate surface area is 185 Å². The average Bonchev–Trinajstić information content (AvgIpc) is 3.46. The zero-order chi connectivity index (χ0) is 22.1. The van der Waals surface area contributed by atoms with Gasteiger partial charge in [-0.3, -0.25) is 9.59 Å². The number of Topliss-reactive ketones (excluding diaryl/α,β-unsaturated/α-hetero) is 1. The Bertz CT molecular complexity index is 1240. The molecule has 2 atom stereocenters. The number of anilines is 2. The summed E-state index contributed by atoms with van der Waals surface area (Å²) in [5.74, 6) is -1.22. The smallest absolute Gasteiger partial charge is 0.307 e. The summed E-state index contributed by atoms with van der Waals surface area (Å²) in [5.41, 5.74) is 5.42. The molecule has 1 aromatic heterocycles. The van der Waals surface area contributed by atoms with Crippen LogP contribution in [-0.4, -0.2) is 26.8 Å². The monoisotopic (exact) mass is 425 g/mol. The summed E-state index contributed by atoms with van der Waals surface area (Å²) in [6.45, 7) is 0. The Balaban J connectivity index is 1.29. The van der Waals surface area contributed by atoms with Crippen LogP contribution in [0.1, 0.15) is 29.6 Å². The molecule has 32 heavy (non-hydrogen) atoms. The number of benzene rings is 3. The summed E-state index contributed by atoms with van der Waals surface area (Å²) in [6.07, 6.45) is 2.02. The lowest BCUT2D eigenvalue weighted by Gasteiger charge is -2.14. The van der Waals surface area contributed by atoms with Crippen LogP contribution in [0.4, 0.5) is 11.6 Å². The molecule has 0 radical (unpaired) electrons. The highest BCUT2D eigenvalue weighted by atomic mass is 16.4. The molecule has 0 bridgehead atoms. The van der Waals surface area contributed by atoms with Gasteiger partial charge in [0.2, 0.25) is 5.95 Å². The van der Waals surface area contributed by atoms with Crippen molar-refractivity contribution in [3.05, 3.63) is 78.4 Å². The van der Waals surface area contributed by atoms with Crippen LogP contribution in [0.15, 0.2) is 72.8 Å². The van der Waals surface area contributed by atoms with Crippen LogP contribution in [0.5, 0.6) is 0 Å². The van der Waals surface area contributed by atoms with Crippen LogP contribution >= 0.6 is 0 Å². The Morgan fingerprint density at radius 3 is 2.22 bits per heavy atom. The number of carbonyl (C=O) groups excluding carboxylic acids is 1. The third-order valence-electron chi connectivity index (χ3n) is 6.21. The molecule has 1 aliphatic carbocycles. The van der Waals surface area contributed by atoms with E-state index in [0.29, 0.717) is 24.4 Å². The van der Waals surface area contributed by atoms with E-state index in [-0.39, 0.29) is 5.78 Å². The molecule has 0 spiro atoms. The number of rotatable bonds is 6. The second kappa shape index (κ2) is 8.30. The molecule has 1 saturated carbocycles. The standard InChI is InChI=1S/C26H23N3O3/c30-24(20-4-3-5-21(20)25(31)32)18-10-8-16(9-11-18)17-12-14-19(15-13-17)27-26-28-22-6-1-2-7-23(22)29-26/h1-2,6-15,20-21H,3-5H2,(H,31,32)(H2,27,28,29)/t20-,21-/m0/s1. The Morgan fingerprint density at radius 2 is 1.53 bits per heavy atom. The zero-order valence-electron chi connectivity index (χ0n) is 17.4. The van der Waals surface area contributed by atoms with Crippen molar-refractivity contribution >= 4 is 34.4 Å². The molecule has 3 N–H and O–H groups in total. The van der Waals surface area contributed by atoms with Crippen molar-refractivity contribution in [3.63, 3.8) is 0 Å². The summed E-state index contributed by atoms with van der Waals surface area (Å²) in [4.78, 5) is 32.0. The van der Waals surface area contributed by atoms with Crippen molar-refractivity contribution in [3.8, 4) is 11.1 Å². The third-order valence-corrected chi connectivity index (χ3v) is 6.21. The lowest BCUT2D eigenvalue weighted by atomic mass is 9.88. The number of ketones is 1. The highest BCUT2D eigenvalue weighted by Crippen LogP contribution is 2.35.